The zero-order valence-corrected chi connectivity index (χ0v) is 17.1. The van der Waals surface area contributed by atoms with Crippen LogP contribution in [0.2, 0.25) is 0 Å². The summed E-state index contributed by atoms with van der Waals surface area (Å²) in [6.45, 7) is 7.17. The van der Waals surface area contributed by atoms with E-state index >= 15 is 0 Å². The van der Waals surface area contributed by atoms with E-state index in [0.29, 0.717) is 13.1 Å². The Morgan fingerprint density at radius 3 is 2.67 bits per heavy atom. The van der Waals surface area contributed by atoms with Crippen molar-refractivity contribution in [2.24, 2.45) is 0 Å². The number of benzene rings is 1. The monoisotopic (exact) mass is 403 g/mol. The van der Waals surface area contributed by atoms with Crippen molar-refractivity contribution in [1.29, 1.82) is 0 Å². The van der Waals surface area contributed by atoms with Crippen molar-refractivity contribution >= 4 is 40.6 Å². The number of thiophene rings is 1. The summed E-state index contributed by atoms with van der Waals surface area (Å²) in [5, 5.41) is 7.82. The Morgan fingerprint density at radius 2 is 1.96 bits per heavy atom. The van der Waals surface area contributed by atoms with E-state index in [4.69, 9.17) is 0 Å². The second kappa shape index (κ2) is 11.6. The molecule has 5 nitrogen and oxygen atoms in total. The number of anilines is 1. The summed E-state index contributed by atoms with van der Waals surface area (Å²) in [6.07, 6.45) is 1.83. The maximum atomic E-state index is 12.4. The van der Waals surface area contributed by atoms with Gasteiger partial charge in [0.25, 0.3) is 0 Å². The Labute approximate surface area is 168 Å². The van der Waals surface area contributed by atoms with Crippen LogP contribution in [0.25, 0.3) is 0 Å². The predicted molar refractivity (Wildman–Crippen MR) is 114 cm³/mol. The number of carbonyl (C=O) groups excluding carboxylic acids is 2. The number of para-hydroxylation sites is 1. The van der Waals surface area contributed by atoms with Gasteiger partial charge in [0.2, 0.25) is 11.8 Å². The summed E-state index contributed by atoms with van der Waals surface area (Å²) in [5.74, 6) is 0.563. The maximum Gasteiger partial charge on any atom is 0.238 e. The minimum atomic E-state index is -0.130. The number of amides is 2. The van der Waals surface area contributed by atoms with Crippen molar-refractivity contribution < 1.29 is 9.59 Å². The van der Waals surface area contributed by atoms with Gasteiger partial charge in [-0.05, 0) is 30.1 Å². The third-order valence-electron chi connectivity index (χ3n) is 3.74. The molecule has 0 saturated carbocycles. The van der Waals surface area contributed by atoms with Crippen molar-refractivity contribution in [3.8, 4) is 0 Å². The van der Waals surface area contributed by atoms with Crippen molar-refractivity contribution in [2.45, 2.75) is 18.4 Å². The van der Waals surface area contributed by atoms with Gasteiger partial charge in [-0.2, -0.15) is 0 Å². The summed E-state index contributed by atoms with van der Waals surface area (Å²) in [4.78, 5) is 28.5. The summed E-state index contributed by atoms with van der Waals surface area (Å²) >= 11 is 3.23. The Balaban J connectivity index is 1.83. The molecule has 0 unspecified atom stereocenters. The molecule has 1 heterocycles. The van der Waals surface area contributed by atoms with Crippen LogP contribution in [0.1, 0.15) is 11.8 Å². The van der Waals surface area contributed by atoms with Crippen LogP contribution >= 0.6 is 23.1 Å². The Morgan fingerprint density at radius 1 is 1.19 bits per heavy atom. The van der Waals surface area contributed by atoms with Crippen LogP contribution in [0.4, 0.5) is 5.69 Å². The van der Waals surface area contributed by atoms with Crippen LogP contribution in [-0.4, -0.2) is 42.1 Å². The van der Waals surface area contributed by atoms with Crippen LogP contribution in [0.3, 0.4) is 0 Å². The third kappa shape index (κ3) is 7.58. The Bertz CT molecular complexity index is 747. The number of hydrogen-bond acceptors (Lipinski definition) is 5. The fourth-order valence-electron chi connectivity index (χ4n) is 2.37. The number of thioether (sulfide) groups is 1. The van der Waals surface area contributed by atoms with E-state index in [9.17, 15) is 9.59 Å². The van der Waals surface area contributed by atoms with Crippen molar-refractivity contribution in [3.05, 3.63) is 59.3 Å². The molecule has 0 spiro atoms. The molecule has 0 radical (unpaired) electrons. The molecule has 2 N–H and O–H groups in total. The number of nitrogens with one attached hydrogen (secondary N) is 2. The summed E-state index contributed by atoms with van der Waals surface area (Å²) in [5.41, 5.74) is 0.785. The van der Waals surface area contributed by atoms with E-state index in [1.807, 2.05) is 59.7 Å². The SMILES string of the molecule is C=CCSc1ccccc1NC(=O)CN(CC)CC(=O)NCc1cccs1. The largest absolute Gasteiger partial charge is 0.350 e. The lowest BCUT2D eigenvalue weighted by Gasteiger charge is -2.19. The molecule has 27 heavy (non-hydrogen) atoms. The van der Waals surface area contributed by atoms with Gasteiger partial charge in [-0.1, -0.05) is 31.2 Å². The number of likely N-dealkylation sites (N-methyl/N-ethyl adjacent to an activating group) is 1. The topological polar surface area (TPSA) is 61.4 Å². The van der Waals surface area contributed by atoms with Gasteiger partial charge in [0.05, 0.1) is 25.3 Å². The molecular formula is C20H25N3O2S2. The molecule has 0 aliphatic heterocycles. The predicted octanol–water partition coefficient (Wildman–Crippen LogP) is 3.60. The van der Waals surface area contributed by atoms with Crippen LogP contribution < -0.4 is 10.6 Å². The molecule has 2 rings (SSSR count). The second-order valence-electron chi connectivity index (χ2n) is 5.80. The highest BCUT2D eigenvalue weighted by molar-refractivity contribution is 7.99. The molecule has 7 heteroatoms. The van der Waals surface area contributed by atoms with Gasteiger partial charge >= 0.3 is 0 Å². The standard InChI is InChI=1S/C20H25N3O2S2/c1-3-11-27-18-10-6-5-9-17(18)22-20(25)15-23(4-2)14-19(24)21-13-16-8-7-12-26-16/h3,5-10,12H,1,4,11,13-15H2,2H3,(H,21,24)(H,22,25). The van der Waals surface area contributed by atoms with E-state index in [-0.39, 0.29) is 24.9 Å². The number of rotatable bonds is 11. The highest BCUT2D eigenvalue weighted by atomic mass is 32.2. The van der Waals surface area contributed by atoms with E-state index in [2.05, 4.69) is 17.2 Å². The molecule has 0 aliphatic carbocycles. The van der Waals surface area contributed by atoms with E-state index in [0.717, 1.165) is 21.2 Å². The fourth-order valence-corrected chi connectivity index (χ4v) is 3.77. The Kier molecular flexibility index (Phi) is 9.10. The summed E-state index contributed by atoms with van der Waals surface area (Å²) in [7, 11) is 0. The molecule has 1 aromatic heterocycles. The quantitative estimate of drug-likeness (QED) is 0.445. The van der Waals surface area contributed by atoms with Gasteiger partial charge in [-0.15, -0.1) is 29.7 Å². The van der Waals surface area contributed by atoms with Gasteiger partial charge in [0.1, 0.15) is 0 Å². The van der Waals surface area contributed by atoms with Gasteiger partial charge in [0, 0.05) is 15.5 Å². The lowest BCUT2D eigenvalue weighted by atomic mass is 10.3. The second-order valence-corrected chi connectivity index (χ2v) is 7.90. The molecule has 0 bridgehead atoms. The first kappa shape index (κ1) is 21.2. The van der Waals surface area contributed by atoms with Crippen molar-refractivity contribution in [1.82, 2.24) is 10.2 Å². The zero-order valence-electron chi connectivity index (χ0n) is 15.4. The van der Waals surface area contributed by atoms with Crippen LogP contribution in [0.15, 0.2) is 59.3 Å². The molecular weight excluding hydrogens is 378 g/mol. The van der Waals surface area contributed by atoms with Crippen LogP contribution in [0.5, 0.6) is 0 Å². The highest BCUT2D eigenvalue weighted by Gasteiger charge is 2.14. The maximum absolute atomic E-state index is 12.4. The minimum Gasteiger partial charge on any atom is -0.350 e. The fraction of sp³-hybridized carbons (Fsp3) is 0.300. The van der Waals surface area contributed by atoms with Crippen molar-refractivity contribution in [2.75, 3.05) is 30.7 Å². The summed E-state index contributed by atoms with van der Waals surface area (Å²) < 4.78 is 0. The average Bonchev–Trinajstić information content (AvgIpc) is 3.18. The molecule has 0 aliphatic rings. The van der Waals surface area contributed by atoms with E-state index < -0.39 is 0 Å². The minimum absolute atomic E-state index is 0.0833. The molecule has 1 aromatic carbocycles. The zero-order chi connectivity index (χ0) is 19.5. The number of nitrogens with zero attached hydrogens (tertiary/aromatic N) is 1. The van der Waals surface area contributed by atoms with Gasteiger partial charge in [-0.3, -0.25) is 14.5 Å². The van der Waals surface area contributed by atoms with Crippen LogP contribution in [-0.2, 0) is 16.1 Å². The van der Waals surface area contributed by atoms with E-state index in [1.165, 1.54) is 0 Å². The number of hydrogen-bond donors (Lipinski definition) is 2. The molecule has 144 valence electrons. The normalized spacial score (nSPS) is 10.6. The Hall–Kier alpha value is -2.09. The lowest BCUT2D eigenvalue weighted by Crippen LogP contribution is -2.40. The highest BCUT2D eigenvalue weighted by Crippen LogP contribution is 2.26. The first-order chi connectivity index (χ1) is 13.1. The number of carbonyl (C=O) groups is 2. The molecule has 0 fully saturated rings. The smallest absolute Gasteiger partial charge is 0.238 e. The summed E-state index contributed by atoms with van der Waals surface area (Å²) in [6, 6.07) is 11.6. The van der Waals surface area contributed by atoms with Gasteiger partial charge in [0.15, 0.2) is 0 Å². The first-order valence-corrected chi connectivity index (χ1v) is 10.6. The molecule has 0 saturated heterocycles. The molecule has 0 atom stereocenters. The third-order valence-corrected chi connectivity index (χ3v) is 5.69. The molecule has 2 amide bonds. The van der Waals surface area contributed by atoms with Crippen LogP contribution in [0, 0.1) is 0 Å². The average molecular weight is 404 g/mol. The lowest BCUT2D eigenvalue weighted by molar-refractivity contribution is -0.123. The molecule has 2 aromatic rings. The van der Waals surface area contributed by atoms with Crippen molar-refractivity contribution in [3.63, 3.8) is 0 Å². The van der Waals surface area contributed by atoms with Gasteiger partial charge in [-0.25, -0.2) is 0 Å². The van der Waals surface area contributed by atoms with Gasteiger partial charge < -0.3 is 10.6 Å². The van der Waals surface area contributed by atoms with E-state index in [1.54, 1.807) is 23.1 Å². The first-order valence-electron chi connectivity index (χ1n) is 8.76.